The van der Waals surface area contributed by atoms with Crippen molar-refractivity contribution in [2.75, 3.05) is 5.32 Å². The van der Waals surface area contributed by atoms with Gasteiger partial charge < -0.3 is 10.4 Å². The lowest BCUT2D eigenvalue weighted by Gasteiger charge is -2.12. The summed E-state index contributed by atoms with van der Waals surface area (Å²) < 4.78 is 1.55. The molecule has 110 valence electrons. The first-order valence-electron chi connectivity index (χ1n) is 6.53. The van der Waals surface area contributed by atoms with Crippen molar-refractivity contribution in [2.24, 2.45) is 5.92 Å². The van der Waals surface area contributed by atoms with Gasteiger partial charge >= 0.3 is 5.97 Å². The third kappa shape index (κ3) is 4.13. The molecule has 0 saturated heterocycles. The lowest BCUT2D eigenvalue weighted by Crippen LogP contribution is -2.18. The molecular formula is C14H16N4O3. The average molecular weight is 288 g/mol. The van der Waals surface area contributed by atoms with E-state index in [1.54, 1.807) is 48.4 Å². The number of aliphatic carboxylic acids is 1. The van der Waals surface area contributed by atoms with Crippen LogP contribution in [0.1, 0.15) is 19.8 Å². The number of hydrogen-bond acceptors (Lipinski definition) is 4. The number of aromatic nitrogens is 3. The minimum absolute atomic E-state index is 0.0352. The smallest absolute Gasteiger partial charge is 0.303 e. The van der Waals surface area contributed by atoms with Crippen molar-refractivity contribution >= 4 is 17.6 Å². The van der Waals surface area contributed by atoms with Crippen molar-refractivity contribution in [2.45, 2.75) is 19.8 Å². The zero-order valence-corrected chi connectivity index (χ0v) is 11.6. The predicted molar refractivity (Wildman–Crippen MR) is 76.0 cm³/mol. The summed E-state index contributed by atoms with van der Waals surface area (Å²) >= 11 is 0. The van der Waals surface area contributed by atoms with Gasteiger partial charge in [0.1, 0.15) is 0 Å². The maximum Gasteiger partial charge on any atom is 0.303 e. The number of carbonyl (C=O) groups is 2. The summed E-state index contributed by atoms with van der Waals surface area (Å²) in [6.45, 7) is 1.73. The van der Waals surface area contributed by atoms with Crippen LogP contribution in [0, 0.1) is 5.92 Å². The van der Waals surface area contributed by atoms with E-state index >= 15 is 0 Å². The second-order valence-corrected chi connectivity index (χ2v) is 4.78. The molecule has 0 aromatic carbocycles. The van der Waals surface area contributed by atoms with Crippen molar-refractivity contribution in [1.82, 2.24) is 14.8 Å². The number of rotatable bonds is 6. The van der Waals surface area contributed by atoms with Gasteiger partial charge in [-0.2, -0.15) is 5.10 Å². The first-order chi connectivity index (χ1) is 10.1. The van der Waals surface area contributed by atoms with Crippen LogP contribution in [0.5, 0.6) is 0 Å². The van der Waals surface area contributed by atoms with Gasteiger partial charge in [0.05, 0.1) is 5.69 Å². The number of pyridine rings is 1. The van der Waals surface area contributed by atoms with Gasteiger partial charge in [0, 0.05) is 31.4 Å². The summed E-state index contributed by atoms with van der Waals surface area (Å²) in [5.41, 5.74) is 0.536. The molecule has 1 unspecified atom stereocenters. The van der Waals surface area contributed by atoms with Gasteiger partial charge in [0.15, 0.2) is 5.82 Å². The van der Waals surface area contributed by atoms with E-state index in [-0.39, 0.29) is 24.7 Å². The van der Waals surface area contributed by atoms with Crippen molar-refractivity contribution in [3.05, 3.63) is 36.8 Å². The minimum Gasteiger partial charge on any atom is -0.481 e. The molecule has 0 aliphatic heterocycles. The summed E-state index contributed by atoms with van der Waals surface area (Å²) in [6, 6.07) is 5.20. The van der Waals surface area contributed by atoms with E-state index in [1.165, 1.54) is 0 Å². The Morgan fingerprint density at radius 3 is 2.81 bits per heavy atom. The lowest BCUT2D eigenvalue weighted by molar-refractivity contribution is -0.138. The number of carboxylic acid groups (broad SMARTS) is 1. The highest BCUT2D eigenvalue weighted by Crippen LogP contribution is 2.17. The molecule has 0 radical (unpaired) electrons. The fourth-order valence-corrected chi connectivity index (χ4v) is 1.96. The number of nitrogens with zero attached hydrogens (tertiary/aromatic N) is 3. The molecule has 0 aliphatic rings. The summed E-state index contributed by atoms with van der Waals surface area (Å²) in [6.07, 6.45) is 5.06. The van der Waals surface area contributed by atoms with Crippen molar-refractivity contribution in [3.63, 3.8) is 0 Å². The molecule has 1 amide bonds. The second-order valence-electron chi connectivity index (χ2n) is 4.78. The Hall–Kier alpha value is -2.70. The van der Waals surface area contributed by atoms with Crippen LogP contribution in [0.25, 0.3) is 5.82 Å². The molecule has 2 aromatic heterocycles. The third-order valence-electron chi connectivity index (χ3n) is 2.84. The molecule has 0 spiro atoms. The first kappa shape index (κ1) is 14.7. The predicted octanol–water partition coefficient (Wildman–Crippen LogP) is 1.71. The van der Waals surface area contributed by atoms with E-state index < -0.39 is 5.97 Å². The Bertz CT molecular complexity index is 625. The quantitative estimate of drug-likeness (QED) is 0.843. The topological polar surface area (TPSA) is 97.1 Å². The van der Waals surface area contributed by atoms with E-state index in [4.69, 9.17) is 5.11 Å². The standard InChI is InChI=1S/C14H16N4O3/c1-10(9-13(20)21)8-12(19)17-11-4-2-5-15-14(11)18-7-3-6-16-18/h2-7,10H,8-9H2,1H3,(H,17,19)(H,20,21). The number of hydrogen-bond donors (Lipinski definition) is 2. The van der Waals surface area contributed by atoms with E-state index in [9.17, 15) is 9.59 Å². The molecule has 2 N–H and O–H groups in total. The van der Waals surface area contributed by atoms with Crippen LogP contribution < -0.4 is 5.32 Å². The second kappa shape index (κ2) is 6.65. The van der Waals surface area contributed by atoms with E-state index in [0.717, 1.165) is 0 Å². The molecule has 2 rings (SSSR count). The maximum absolute atomic E-state index is 12.0. The fraction of sp³-hybridized carbons (Fsp3) is 0.286. The average Bonchev–Trinajstić information content (AvgIpc) is 2.91. The fourth-order valence-electron chi connectivity index (χ4n) is 1.96. The SMILES string of the molecule is CC(CC(=O)O)CC(=O)Nc1cccnc1-n1cccn1. The van der Waals surface area contributed by atoms with Crippen LogP contribution in [-0.2, 0) is 9.59 Å². The van der Waals surface area contributed by atoms with Gasteiger partial charge in [-0.15, -0.1) is 0 Å². The Balaban J connectivity index is 2.06. The normalized spacial score (nSPS) is 11.9. The minimum atomic E-state index is -0.908. The number of amides is 1. The third-order valence-corrected chi connectivity index (χ3v) is 2.84. The lowest BCUT2D eigenvalue weighted by atomic mass is 10.0. The highest BCUT2D eigenvalue weighted by Gasteiger charge is 2.14. The molecule has 7 nitrogen and oxygen atoms in total. The zero-order chi connectivity index (χ0) is 15.2. The monoisotopic (exact) mass is 288 g/mol. The summed E-state index contributed by atoms with van der Waals surface area (Å²) in [4.78, 5) is 26.8. The number of carboxylic acids is 1. The molecule has 2 aromatic rings. The van der Waals surface area contributed by atoms with Gasteiger partial charge in [-0.3, -0.25) is 9.59 Å². The van der Waals surface area contributed by atoms with Crippen molar-refractivity contribution < 1.29 is 14.7 Å². The number of anilines is 1. The van der Waals surface area contributed by atoms with Crippen LogP contribution in [-0.4, -0.2) is 31.7 Å². The van der Waals surface area contributed by atoms with Gasteiger partial charge in [-0.1, -0.05) is 6.92 Å². The van der Waals surface area contributed by atoms with Crippen molar-refractivity contribution in [3.8, 4) is 5.82 Å². The zero-order valence-electron chi connectivity index (χ0n) is 11.6. The molecule has 1 atom stereocenters. The van der Waals surface area contributed by atoms with Gasteiger partial charge in [-0.25, -0.2) is 9.67 Å². The molecule has 0 bridgehead atoms. The van der Waals surface area contributed by atoms with Gasteiger partial charge in [-0.05, 0) is 24.1 Å². The Morgan fingerprint density at radius 2 is 2.14 bits per heavy atom. The molecule has 0 fully saturated rings. The highest BCUT2D eigenvalue weighted by atomic mass is 16.4. The van der Waals surface area contributed by atoms with E-state index in [1.807, 2.05) is 0 Å². The first-order valence-corrected chi connectivity index (χ1v) is 6.53. The number of nitrogens with one attached hydrogen (secondary N) is 1. The molecular weight excluding hydrogens is 272 g/mol. The Labute approximate surface area is 121 Å². The van der Waals surface area contributed by atoms with Crippen LogP contribution >= 0.6 is 0 Å². The molecule has 0 aliphatic carbocycles. The highest BCUT2D eigenvalue weighted by molar-refractivity contribution is 5.92. The molecule has 2 heterocycles. The molecule has 7 heteroatoms. The van der Waals surface area contributed by atoms with E-state index in [2.05, 4.69) is 15.4 Å². The maximum atomic E-state index is 12.0. The largest absolute Gasteiger partial charge is 0.481 e. The van der Waals surface area contributed by atoms with Gasteiger partial charge in [0.25, 0.3) is 0 Å². The summed E-state index contributed by atoms with van der Waals surface area (Å²) in [5, 5.41) is 15.5. The van der Waals surface area contributed by atoms with Crippen LogP contribution in [0.3, 0.4) is 0 Å². The Kier molecular flexibility index (Phi) is 4.65. The Morgan fingerprint density at radius 1 is 1.33 bits per heavy atom. The van der Waals surface area contributed by atoms with Crippen LogP contribution in [0.2, 0.25) is 0 Å². The van der Waals surface area contributed by atoms with Gasteiger partial charge in [0.2, 0.25) is 5.91 Å². The summed E-state index contributed by atoms with van der Waals surface area (Å²) in [7, 11) is 0. The van der Waals surface area contributed by atoms with Crippen LogP contribution in [0.4, 0.5) is 5.69 Å². The molecule has 0 saturated carbocycles. The number of carbonyl (C=O) groups excluding carboxylic acids is 1. The van der Waals surface area contributed by atoms with Crippen LogP contribution in [0.15, 0.2) is 36.8 Å². The van der Waals surface area contributed by atoms with Crippen molar-refractivity contribution in [1.29, 1.82) is 0 Å². The summed E-state index contributed by atoms with van der Waals surface area (Å²) in [5.74, 6) is -0.867. The molecule has 21 heavy (non-hydrogen) atoms. The van der Waals surface area contributed by atoms with E-state index in [0.29, 0.717) is 11.5 Å².